The molecule has 0 radical (unpaired) electrons. The van der Waals surface area contributed by atoms with E-state index in [2.05, 4.69) is 66.0 Å². The molecular weight excluding hydrogens is 364 g/mol. The molecule has 0 aromatic heterocycles. The molecule has 1 unspecified atom stereocenters. The zero-order valence-corrected chi connectivity index (χ0v) is 13.7. The highest BCUT2D eigenvalue weighted by atomic mass is 127. The number of hydrogen-bond acceptors (Lipinski definition) is 1. The Balaban J connectivity index is 1.97. The smallest absolute Gasteiger partial charge is 0.124 e. The zero-order chi connectivity index (χ0) is 14.3. The first-order valence-electron chi connectivity index (χ1n) is 6.77. The quantitative estimate of drug-likeness (QED) is 0.709. The molecule has 2 aromatic rings. The number of rotatable bonds is 2. The van der Waals surface area contributed by atoms with Gasteiger partial charge in [-0.05, 0) is 63.8 Å². The Bertz CT molecular complexity index is 651. The van der Waals surface area contributed by atoms with Gasteiger partial charge < -0.3 is 5.32 Å². The monoisotopic (exact) mass is 381 g/mol. The fraction of sp³-hybridized carbons (Fsp3) is 0.294. The van der Waals surface area contributed by atoms with Gasteiger partial charge in [0.1, 0.15) is 5.82 Å². The first kappa shape index (κ1) is 13.9. The number of benzene rings is 2. The molecule has 1 N–H and O–H groups in total. The summed E-state index contributed by atoms with van der Waals surface area (Å²) in [5, 5.41) is 3.61. The van der Waals surface area contributed by atoms with Gasteiger partial charge in [-0.15, -0.1) is 0 Å². The molecule has 0 spiro atoms. The Hall–Kier alpha value is -1.10. The minimum absolute atomic E-state index is 0.154. The van der Waals surface area contributed by atoms with Crippen molar-refractivity contribution in [1.82, 2.24) is 0 Å². The van der Waals surface area contributed by atoms with Crippen molar-refractivity contribution >= 4 is 28.3 Å². The predicted molar refractivity (Wildman–Crippen MR) is 89.4 cm³/mol. The van der Waals surface area contributed by atoms with Gasteiger partial charge in [0, 0.05) is 9.26 Å². The van der Waals surface area contributed by atoms with Gasteiger partial charge in [-0.3, -0.25) is 0 Å². The molecule has 1 nitrogen and oxygen atoms in total. The summed E-state index contributed by atoms with van der Waals surface area (Å²) in [7, 11) is 0. The molecule has 0 bridgehead atoms. The SMILES string of the molecule is CC1(C)Cc2ccccc2C1Nc1ccc(F)cc1I. The van der Waals surface area contributed by atoms with Crippen LogP contribution in [0.3, 0.4) is 0 Å². The van der Waals surface area contributed by atoms with Crippen LogP contribution in [0.1, 0.15) is 31.0 Å². The van der Waals surface area contributed by atoms with Crippen molar-refractivity contribution in [2.75, 3.05) is 5.32 Å². The van der Waals surface area contributed by atoms with E-state index in [1.807, 2.05) is 6.07 Å². The first-order chi connectivity index (χ1) is 9.47. The van der Waals surface area contributed by atoms with Gasteiger partial charge in [-0.25, -0.2) is 4.39 Å². The second kappa shape index (κ2) is 5.02. The minimum atomic E-state index is -0.189. The summed E-state index contributed by atoms with van der Waals surface area (Å²) >= 11 is 2.18. The maximum Gasteiger partial charge on any atom is 0.124 e. The fourth-order valence-corrected chi connectivity index (χ4v) is 3.66. The topological polar surface area (TPSA) is 12.0 Å². The second-order valence-electron chi connectivity index (χ2n) is 6.07. The predicted octanol–water partition coefficient (Wildman–Crippen LogP) is 5.17. The van der Waals surface area contributed by atoms with E-state index < -0.39 is 0 Å². The summed E-state index contributed by atoms with van der Waals surface area (Å²) in [5.74, 6) is -0.189. The van der Waals surface area contributed by atoms with Gasteiger partial charge >= 0.3 is 0 Å². The number of nitrogens with one attached hydrogen (secondary N) is 1. The summed E-state index contributed by atoms with van der Waals surface area (Å²) in [6.45, 7) is 4.56. The van der Waals surface area contributed by atoms with Crippen LogP contribution in [0.4, 0.5) is 10.1 Å². The normalized spacial score (nSPS) is 19.7. The number of fused-ring (bicyclic) bond motifs is 1. The van der Waals surface area contributed by atoms with E-state index in [0.717, 1.165) is 15.7 Å². The Morgan fingerprint density at radius 3 is 2.70 bits per heavy atom. The van der Waals surface area contributed by atoms with Crippen LogP contribution in [0.25, 0.3) is 0 Å². The lowest BCUT2D eigenvalue weighted by molar-refractivity contribution is 0.337. The van der Waals surface area contributed by atoms with Crippen LogP contribution in [0, 0.1) is 14.8 Å². The lowest BCUT2D eigenvalue weighted by atomic mass is 9.85. The summed E-state index contributed by atoms with van der Waals surface area (Å²) in [5.41, 5.74) is 3.92. The Kier molecular flexibility index (Phi) is 3.48. The number of anilines is 1. The molecule has 1 aliphatic rings. The van der Waals surface area contributed by atoms with Gasteiger partial charge in [-0.2, -0.15) is 0 Å². The Morgan fingerprint density at radius 1 is 1.20 bits per heavy atom. The van der Waals surface area contributed by atoms with E-state index in [1.54, 1.807) is 6.07 Å². The van der Waals surface area contributed by atoms with Gasteiger partial charge in [-0.1, -0.05) is 38.1 Å². The molecular formula is C17H17FIN. The van der Waals surface area contributed by atoms with E-state index in [9.17, 15) is 4.39 Å². The lowest BCUT2D eigenvalue weighted by Crippen LogP contribution is -2.24. The maximum atomic E-state index is 13.2. The summed E-state index contributed by atoms with van der Waals surface area (Å²) in [6, 6.07) is 13.7. The van der Waals surface area contributed by atoms with Crippen molar-refractivity contribution in [2.45, 2.75) is 26.3 Å². The molecule has 20 heavy (non-hydrogen) atoms. The first-order valence-corrected chi connectivity index (χ1v) is 7.85. The molecule has 0 aliphatic heterocycles. The zero-order valence-electron chi connectivity index (χ0n) is 11.6. The van der Waals surface area contributed by atoms with Crippen molar-refractivity contribution in [3.8, 4) is 0 Å². The highest BCUT2D eigenvalue weighted by Crippen LogP contribution is 2.47. The van der Waals surface area contributed by atoms with Crippen LogP contribution in [-0.2, 0) is 6.42 Å². The third kappa shape index (κ3) is 2.43. The summed E-state index contributed by atoms with van der Waals surface area (Å²) in [4.78, 5) is 0. The Labute approximate surface area is 132 Å². The highest BCUT2D eigenvalue weighted by molar-refractivity contribution is 14.1. The lowest BCUT2D eigenvalue weighted by Gasteiger charge is -2.30. The van der Waals surface area contributed by atoms with Crippen LogP contribution in [0.5, 0.6) is 0 Å². The molecule has 1 atom stereocenters. The second-order valence-corrected chi connectivity index (χ2v) is 7.23. The van der Waals surface area contributed by atoms with E-state index >= 15 is 0 Å². The number of halogens is 2. The average molecular weight is 381 g/mol. The molecule has 3 heteroatoms. The van der Waals surface area contributed by atoms with Gasteiger partial charge in [0.15, 0.2) is 0 Å². The van der Waals surface area contributed by atoms with Crippen LogP contribution in [-0.4, -0.2) is 0 Å². The number of hydrogen-bond donors (Lipinski definition) is 1. The summed E-state index contributed by atoms with van der Waals surface area (Å²) in [6.07, 6.45) is 1.07. The molecule has 0 amide bonds. The van der Waals surface area contributed by atoms with Crippen molar-refractivity contribution in [3.05, 3.63) is 63.0 Å². The minimum Gasteiger partial charge on any atom is -0.377 e. The maximum absolute atomic E-state index is 13.2. The van der Waals surface area contributed by atoms with E-state index in [1.165, 1.54) is 17.2 Å². The van der Waals surface area contributed by atoms with Crippen molar-refractivity contribution in [2.24, 2.45) is 5.41 Å². The molecule has 0 heterocycles. The molecule has 0 saturated heterocycles. The molecule has 1 aliphatic carbocycles. The van der Waals surface area contributed by atoms with Crippen molar-refractivity contribution in [3.63, 3.8) is 0 Å². The molecule has 0 saturated carbocycles. The highest BCUT2D eigenvalue weighted by Gasteiger charge is 2.38. The molecule has 2 aromatic carbocycles. The molecule has 0 fully saturated rings. The Morgan fingerprint density at radius 2 is 1.95 bits per heavy atom. The van der Waals surface area contributed by atoms with Gasteiger partial charge in [0.25, 0.3) is 0 Å². The fourth-order valence-electron chi connectivity index (χ4n) is 3.03. The van der Waals surface area contributed by atoms with Crippen LogP contribution in [0.2, 0.25) is 0 Å². The van der Waals surface area contributed by atoms with Crippen molar-refractivity contribution < 1.29 is 4.39 Å². The van der Waals surface area contributed by atoms with Crippen LogP contribution in [0.15, 0.2) is 42.5 Å². The van der Waals surface area contributed by atoms with Gasteiger partial charge in [0.2, 0.25) is 0 Å². The van der Waals surface area contributed by atoms with Crippen molar-refractivity contribution in [1.29, 1.82) is 0 Å². The molecule has 104 valence electrons. The van der Waals surface area contributed by atoms with E-state index in [0.29, 0.717) is 0 Å². The van der Waals surface area contributed by atoms with Crippen LogP contribution >= 0.6 is 22.6 Å². The third-order valence-corrected chi connectivity index (χ3v) is 4.92. The van der Waals surface area contributed by atoms with Gasteiger partial charge in [0.05, 0.1) is 6.04 Å². The third-order valence-electron chi connectivity index (χ3n) is 4.02. The largest absolute Gasteiger partial charge is 0.377 e. The van der Waals surface area contributed by atoms with Crippen LogP contribution < -0.4 is 5.32 Å². The van der Waals surface area contributed by atoms with E-state index in [-0.39, 0.29) is 17.3 Å². The average Bonchev–Trinajstić information content (AvgIpc) is 2.63. The standard InChI is InChI=1S/C17H17FIN/c1-17(2)10-11-5-3-4-6-13(11)16(17)20-15-8-7-12(18)9-14(15)19/h3-9,16,20H,10H2,1-2H3. The molecule has 3 rings (SSSR count). The summed E-state index contributed by atoms with van der Waals surface area (Å²) < 4.78 is 14.1. The van der Waals surface area contributed by atoms with E-state index in [4.69, 9.17) is 0 Å².